The van der Waals surface area contributed by atoms with Gasteiger partial charge in [0.1, 0.15) is 0 Å². The summed E-state index contributed by atoms with van der Waals surface area (Å²) in [6.07, 6.45) is 0. The van der Waals surface area contributed by atoms with Gasteiger partial charge in [0, 0.05) is 23.6 Å². The fraction of sp³-hybridized carbons (Fsp3) is 1.00. The Morgan fingerprint density at radius 1 is 1.67 bits per heavy atom. The monoisotopic (exact) mass is 101 g/mol. The topological polar surface area (TPSA) is 12.0 Å². The smallest absolute Gasteiger partial charge is 0.0334 e. The number of fused-ring (bicyclic) bond motifs is 1. The lowest BCUT2D eigenvalue weighted by molar-refractivity contribution is 0.393. The van der Waals surface area contributed by atoms with Crippen LogP contribution >= 0.6 is 11.8 Å². The van der Waals surface area contributed by atoms with Gasteiger partial charge in [0.15, 0.2) is 0 Å². The zero-order valence-electron chi connectivity index (χ0n) is 3.48. The highest BCUT2D eigenvalue weighted by Crippen LogP contribution is 2.33. The van der Waals surface area contributed by atoms with Gasteiger partial charge in [-0.25, -0.2) is 0 Å². The van der Waals surface area contributed by atoms with Gasteiger partial charge < -0.3 is 5.32 Å². The minimum absolute atomic E-state index is 0.926. The molecular weight excluding hydrogens is 94.1 g/mol. The second kappa shape index (κ2) is 0.928. The summed E-state index contributed by atoms with van der Waals surface area (Å²) in [6, 6.07) is 0.926. The molecule has 2 saturated heterocycles. The summed E-state index contributed by atoms with van der Waals surface area (Å²) in [7, 11) is 0. The molecule has 1 unspecified atom stereocenters. The molecule has 6 heavy (non-hydrogen) atoms. The molecule has 1 nitrogen and oxygen atoms in total. The van der Waals surface area contributed by atoms with Crippen LogP contribution in [0.5, 0.6) is 0 Å². The molecule has 0 aliphatic carbocycles. The second-order valence-corrected chi connectivity index (χ2v) is 3.16. The van der Waals surface area contributed by atoms with Gasteiger partial charge in [-0.15, -0.1) is 0 Å². The lowest BCUT2D eigenvalue weighted by atomic mass is 10.1. The van der Waals surface area contributed by atoms with E-state index < -0.39 is 0 Å². The molecule has 2 fully saturated rings. The first-order chi connectivity index (χ1) is 2.97. The Labute approximate surface area is 41.5 Å². The van der Waals surface area contributed by atoms with E-state index in [2.05, 4.69) is 17.1 Å². The van der Waals surface area contributed by atoms with Crippen molar-refractivity contribution >= 4 is 11.8 Å². The average molecular weight is 101 g/mol. The Kier molecular flexibility index (Phi) is 0.515. The first-order valence-electron chi connectivity index (χ1n) is 2.32. The average Bonchev–Trinajstić information content (AvgIpc) is 1.54. The molecule has 0 saturated carbocycles. The van der Waals surface area contributed by atoms with Crippen LogP contribution in [0.3, 0.4) is 0 Å². The van der Waals surface area contributed by atoms with Gasteiger partial charge in [-0.2, -0.15) is 11.8 Å². The molecule has 2 aliphatic rings. The van der Waals surface area contributed by atoms with Gasteiger partial charge in [-0.05, 0) is 0 Å². The summed E-state index contributed by atoms with van der Waals surface area (Å²) in [6.45, 7) is 1.27. The van der Waals surface area contributed by atoms with Gasteiger partial charge in [-0.3, -0.25) is 0 Å². The minimum atomic E-state index is 0.926. The van der Waals surface area contributed by atoms with E-state index in [-0.39, 0.29) is 0 Å². The summed E-state index contributed by atoms with van der Waals surface area (Å²) in [5.41, 5.74) is 0. The molecule has 1 N–H and O–H groups in total. The van der Waals surface area contributed by atoms with Crippen molar-refractivity contribution in [3.05, 3.63) is 0 Å². The summed E-state index contributed by atoms with van der Waals surface area (Å²) >= 11 is 2.09. The van der Waals surface area contributed by atoms with Gasteiger partial charge in [0.05, 0.1) is 0 Å². The van der Waals surface area contributed by atoms with Crippen LogP contribution in [-0.2, 0) is 0 Å². The highest BCUT2D eigenvalue weighted by molar-refractivity contribution is 8.01. The Morgan fingerprint density at radius 3 is 2.50 bits per heavy atom. The number of hydrogen-bond acceptors (Lipinski definition) is 2. The van der Waals surface area contributed by atoms with Crippen molar-refractivity contribution in [2.75, 3.05) is 12.3 Å². The third-order valence-electron chi connectivity index (χ3n) is 1.52. The van der Waals surface area contributed by atoms with Gasteiger partial charge >= 0.3 is 0 Å². The van der Waals surface area contributed by atoms with Crippen molar-refractivity contribution in [3.63, 3.8) is 0 Å². The van der Waals surface area contributed by atoms with Gasteiger partial charge in [-0.1, -0.05) is 0 Å². The maximum absolute atomic E-state index is 3.32. The normalized spacial score (nSPS) is 52.0. The van der Waals surface area contributed by atoms with E-state index >= 15 is 0 Å². The van der Waals surface area contributed by atoms with Gasteiger partial charge in [0.2, 0.25) is 0 Å². The number of thioether (sulfide) groups is 1. The summed E-state index contributed by atoms with van der Waals surface area (Å²) in [5.74, 6) is 1.37. The molecule has 0 aromatic carbocycles. The van der Waals surface area contributed by atoms with E-state index in [0.717, 1.165) is 11.3 Å². The molecule has 2 rings (SSSR count). The highest BCUT2D eigenvalue weighted by atomic mass is 32.2. The maximum Gasteiger partial charge on any atom is 0.0334 e. The summed E-state index contributed by atoms with van der Waals surface area (Å²) in [4.78, 5) is 0. The SMILES string of the molecule is C1N[C@@H]2CSC12. The van der Waals surface area contributed by atoms with Crippen molar-refractivity contribution < 1.29 is 0 Å². The molecule has 0 bridgehead atoms. The summed E-state index contributed by atoms with van der Waals surface area (Å²) in [5, 5.41) is 4.34. The molecule has 0 spiro atoms. The maximum atomic E-state index is 3.32. The lowest BCUT2D eigenvalue weighted by Gasteiger charge is -2.46. The molecular formula is C4H7NS. The first kappa shape index (κ1) is 3.33. The second-order valence-electron chi connectivity index (χ2n) is 1.89. The third-order valence-corrected chi connectivity index (χ3v) is 2.99. The predicted octanol–water partition coefficient (Wildman–Crippen LogP) is 0.0736. The van der Waals surface area contributed by atoms with E-state index in [4.69, 9.17) is 0 Å². The minimum Gasteiger partial charge on any atom is -0.311 e. The molecule has 2 heterocycles. The molecule has 0 amide bonds. The van der Waals surface area contributed by atoms with Crippen LogP contribution in [0, 0.1) is 0 Å². The molecule has 0 radical (unpaired) electrons. The van der Waals surface area contributed by atoms with Crippen LogP contribution in [-0.4, -0.2) is 23.6 Å². The third kappa shape index (κ3) is 0.231. The van der Waals surface area contributed by atoms with Crippen LogP contribution in [0.2, 0.25) is 0 Å². The molecule has 2 aliphatic heterocycles. The van der Waals surface area contributed by atoms with Crippen molar-refractivity contribution in [1.82, 2.24) is 5.32 Å². The Hall–Kier alpha value is 0.310. The van der Waals surface area contributed by atoms with Crippen LogP contribution in [0.4, 0.5) is 0 Å². The van der Waals surface area contributed by atoms with Crippen LogP contribution in [0.1, 0.15) is 0 Å². The van der Waals surface area contributed by atoms with Crippen molar-refractivity contribution in [2.45, 2.75) is 11.3 Å². The van der Waals surface area contributed by atoms with Crippen LogP contribution in [0.25, 0.3) is 0 Å². The largest absolute Gasteiger partial charge is 0.311 e. The predicted molar refractivity (Wildman–Crippen MR) is 28.0 cm³/mol. The van der Waals surface area contributed by atoms with E-state index in [1.165, 1.54) is 12.3 Å². The lowest BCUT2D eigenvalue weighted by Crippen LogP contribution is -2.63. The zero-order chi connectivity index (χ0) is 3.98. The Morgan fingerprint density at radius 2 is 2.50 bits per heavy atom. The Balaban J connectivity index is 2.03. The van der Waals surface area contributed by atoms with Crippen molar-refractivity contribution in [1.29, 1.82) is 0 Å². The molecule has 34 valence electrons. The fourth-order valence-corrected chi connectivity index (χ4v) is 1.91. The molecule has 0 aromatic rings. The Bertz CT molecular complexity index is 55.9. The first-order valence-corrected chi connectivity index (χ1v) is 3.37. The van der Waals surface area contributed by atoms with E-state index in [0.29, 0.717) is 0 Å². The van der Waals surface area contributed by atoms with Crippen LogP contribution < -0.4 is 5.32 Å². The van der Waals surface area contributed by atoms with Crippen molar-refractivity contribution in [3.8, 4) is 0 Å². The molecule has 0 aromatic heterocycles. The fourth-order valence-electron chi connectivity index (χ4n) is 0.827. The zero-order valence-corrected chi connectivity index (χ0v) is 4.29. The number of rotatable bonds is 0. The van der Waals surface area contributed by atoms with E-state index in [9.17, 15) is 0 Å². The van der Waals surface area contributed by atoms with E-state index in [1.807, 2.05) is 0 Å². The highest BCUT2D eigenvalue weighted by Gasteiger charge is 2.38. The van der Waals surface area contributed by atoms with Crippen molar-refractivity contribution in [2.24, 2.45) is 0 Å². The summed E-state index contributed by atoms with van der Waals surface area (Å²) < 4.78 is 0. The molecule has 2 heteroatoms. The quantitative estimate of drug-likeness (QED) is 0.463. The standard InChI is InChI=1S/C4H7NS/c1-4-3(5-1)2-6-4/h3-5H,1-2H2/t3-,4?/m1/s1. The van der Waals surface area contributed by atoms with E-state index in [1.54, 1.807) is 0 Å². The number of hydrogen-bond donors (Lipinski definition) is 1. The van der Waals surface area contributed by atoms with Gasteiger partial charge in [0.25, 0.3) is 0 Å². The number of nitrogens with one attached hydrogen (secondary N) is 1. The van der Waals surface area contributed by atoms with Crippen LogP contribution in [0.15, 0.2) is 0 Å². The molecule has 2 atom stereocenters.